The van der Waals surface area contributed by atoms with Crippen LogP contribution in [0.5, 0.6) is 0 Å². The molecule has 1 aromatic heterocycles. The van der Waals surface area contributed by atoms with Gasteiger partial charge in [-0.25, -0.2) is 18.1 Å². The van der Waals surface area contributed by atoms with E-state index in [1.54, 1.807) is 24.3 Å². The van der Waals surface area contributed by atoms with Gasteiger partial charge in [0.1, 0.15) is 5.82 Å². The van der Waals surface area contributed by atoms with Crippen molar-refractivity contribution in [3.05, 3.63) is 84.7 Å². The molecule has 3 heterocycles. The summed E-state index contributed by atoms with van der Waals surface area (Å²) < 4.78 is 32.6. The zero-order chi connectivity index (χ0) is 25.9. The van der Waals surface area contributed by atoms with Crippen molar-refractivity contribution in [2.45, 2.75) is 74.0 Å². The number of sulfonamides is 1. The minimum absolute atomic E-state index is 0.186. The number of rotatable bonds is 7. The molecule has 0 spiro atoms. The van der Waals surface area contributed by atoms with E-state index in [9.17, 15) is 8.42 Å². The SMILES string of the molecule is Cc1nc2ccccc2n1[C@H]1C[C@H]2CC[C@@H](C1)N2C[C@@H]1C[C@@]1(NS(=O)(=O)c1ccccc1)C1C=CC=CC1. The zero-order valence-electron chi connectivity index (χ0n) is 21.9. The molecule has 2 aliphatic carbocycles. The average molecular weight is 529 g/mol. The summed E-state index contributed by atoms with van der Waals surface area (Å²) in [6, 6.07) is 18.9. The number of benzene rings is 2. The summed E-state index contributed by atoms with van der Waals surface area (Å²) in [6.45, 7) is 3.11. The number of allylic oxidation sites excluding steroid dienone is 3. The number of nitrogens with zero attached hydrogens (tertiary/aromatic N) is 3. The lowest BCUT2D eigenvalue weighted by atomic mass is 9.89. The molecule has 2 aliphatic heterocycles. The first-order valence-corrected chi connectivity index (χ1v) is 15.5. The molecule has 6 atom stereocenters. The first-order valence-electron chi connectivity index (χ1n) is 14.1. The number of hydrogen-bond donors (Lipinski definition) is 1. The van der Waals surface area contributed by atoms with Crippen molar-refractivity contribution in [3.63, 3.8) is 0 Å². The second-order valence-electron chi connectivity index (χ2n) is 11.7. The smallest absolute Gasteiger partial charge is 0.241 e. The normalized spacial score (nSPS) is 32.7. The Morgan fingerprint density at radius 3 is 2.45 bits per heavy atom. The number of fused-ring (bicyclic) bond motifs is 3. The van der Waals surface area contributed by atoms with Crippen LogP contribution in [0.3, 0.4) is 0 Å². The minimum atomic E-state index is -3.59. The third-order valence-electron chi connectivity index (χ3n) is 9.60. The summed E-state index contributed by atoms with van der Waals surface area (Å²) in [5, 5.41) is 0. The van der Waals surface area contributed by atoms with Crippen LogP contribution in [0, 0.1) is 18.8 Å². The van der Waals surface area contributed by atoms with E-state index in [4.69, 9.17) is 4.98 Å². The van der Waals surface area contributed by atoms with Gasteiger partial charge in [-0.2, -0.15) is 0 Å². The molecular formula is C31H36N4O2S. The highest BCUT2D eigenvalue weighted by atomic mass is 32.2. The van der Waals surface area contributed by atoms with Gasteiger partial charge in [0.2, 0.25) is 10.0 Å². The molecule has 2 aromatic carbocycles. The van der Waals surface area contributed by atoms with E-state index in [0.717, 1.165) is 43.6 Å². The van der Waals surface area contributed by atoms with Crippen molar-refractivity contribution < 1.29 is 8.42 Å². The number of hydrogen-bond acceptors (Lipinski definition) is 4. The summed E-state index contributed by atoms with van der Waals surface area (Å²) in [7, 11) is -3.59. The van der Waals surface area contributed by atoms with Gasteiger partial charge in [0.25, 0.3) is 0 Å². The van der Waals surface area contributed by atoms with Crippen LogP contribution in [0.4, 0.5) is 0 Å². The van der Waals surface area contributed by atoms with Crippen molar-refractivity contribution in [1.29, 1.82) is 0 Å². The summed E-state index contributed by atoms with van der Waals surface area (Å²) in [5.41, 5.74) is 1.92. The number of imidazole rings is 1. The Morgan fingerprint density at radius 2 is 1.71 bits per heavy atom. The van der Waals surface area contributed by atoms with Crippen molar-refractivity contribution in [1.82, 2.24) is 19.2 Å². The van der Waals surface area contributed by atoms with Gasteiger partial charge in [-0.1, -0.05) is 54.6 Å². The molecule has 0 radical (unpaired) electrons. The predicted molar refractivity (Wildman–Crippen MR) is 150 cm³/mol. The monoisotopic (exact) mass is 528 g/mol. The lowest BCUT2D eigenvalue weighted by Gasteiger charge is -2.40. The number of aryl methyl sites for hydroxylation is 1. The van der Waals surface area contributed by atoms with Gasteiger partial charge in [0.15, 0.2) is 0 Å². The van der Waals surface area contributed by atoms with Crippen LogP contribution in [0.2, 0.25) is 0 Å². The molecule has 1 saturated carbocycles. The Kier molecular flexibility index (Phi) is 5.87. The average Bonchev–Trinajstić information content (AvgIpc) is 3.42. The van der Waals surface area contributed by atoms with Crippen LogP contribution in [0.25, 0.3) is 11.0 Å². The second kappa shape index (κ2) is 9.18. The lowest BCUT2D eigenvalue weighted by molar-refractivity contribution is 0.0978. The largest absolute Gasteiger partial charge is 0.325 e. The number of aromatic nitrogens is 2. The van der Waals surface area contributed by atoms with Gasteiger partial charge in [0.05, 0.1) is 15.9 Å². The predicted octanol–water partition coefficient (Wildman–Crippen LogP) is 5.38. The topological polar surface area (TPSA) is 67.2 Å². The highest BCUT2D eigenvalue weighted by Crippen LogP contribution is 2.54. The Balaban J connectivity index is 1.11. The maximum absolute atomic E-state index is 13.4. The van der Waals surface area contributed by atoms with Gasteiger partial charge in [0, 0.05) is 36.1 Å². The maximum Gasteiger partial charge on any atom is 0.241 e. The fraction of sp³-hybridized carbons (Fsp3) is 0.452. The standard InChI is InChI=1S/C31H36N4O2S/c1-22-32-29-14-8-9-15-30(29)35(22)27-18-25-16-17-26(19-27)34(25)21-24-20-31(24,23-10-4-2-5-11-23)33-38(36,37)28-12-6-3-7-13-28/h2-10,12-15,23-27,33H,11,16-21H2,1H3/t23?,24-,25-,26+,27+,31+/m0/s1. The molecule has 7 rings (SSSR count). The summed E-state index contributed by atoms with van der Waals surface area (Å²) >= 11 is 0. The van der Waals surface area contributed by atoms with E-state index in [1.807, 2.05) is 6.07 Å². The van der Waals surface area contributed by atoms with Crippen molar-refractivity contribution in [3.8, 4) is 0 Å². The van der Waals surface area contributed by atoms with Gasteiger partial charge in [-0.3, -0.25) is 4.90 Å². The molecule has 0 amide bonds. The van der Waals surface area contributed by atoms with Crippen LogP contribution in [0.15, 0.2) is 83.8 Å². The maximum atomic E-state index is 13.4. The van der Waals surface area contributed by atoms with Gasteiger partial charge in [-0.05, 0) is 75.6 Å². The van der Waals surface area contributed by atoms with Crippen molar-refractivity contribution in [2.24, 2.45) is 11.8 Å². The van der Waals surface area contributed by atoms with Crippen molar-refractivity contribution in [2.75, 3.05) is 6.54 Å². The Bertz CT molecular complexity index is 1500. The summed E-state index contributed by atoms with van der Waals surface area (Å²) in [4.78, 5) is 7.92. The van der Waals surface area contributed by atoms with Gasteiger partial charge < -0.3 is 4.57 Å². The van der Waals surface area contributed by atoms with Crippen LogP contribution >= 0.6 is 0 Å². The van der Waals surface area contributed by atoms with E-state index in [-0.39, 0.29) is 5.92 Å². The number of para-hydroxylation sites is 2. The van der Waals surface area contributed by atoms with Crippen LogP contribution in [-0.4, -0.2) is 47.0 Å². The van der Waals surface area contributed by atoms with E-state index in [1.165, 1.54) is 18.4 Å². The number of piperidine rings is 1. The molecule has 3 aromatic rings. The van der Waals surface area contributed by atoms with Gasteiger partial charge in [-0.15, -0.1) is 0 Å². The molecule has 6 nitrogen and oxygen atoms in total. The van der Waals surface area contributed by atoms with E-state index in [2.05, 4.69) is 69.7 Å². The Labute approximate surface area is 225 Å². The molecule has 198 valence electrons. The molecule has 4 aliphatic rings. The quantitative estimate of drug-likeness (QED) is 0.447. The molecule has 2 bridgehead atoms. The molecule has 1 unspecified atom stereocenters. The Hall–Kier alpha value is -2.74. The third-order valence-corrected chi connectivity index (χ3v) is 11.1. The molecule has 3 fully saturated rings. The first kappa shape index (κ1) is 24.3. The summed E-state index contributed by atoms with van der Waals surface area (Å²) in [6.07, 6.45) is 15.0. The second-order valence-corrected chi connectivity index (χ2v) is 13.4. The Morgan fingerprint density at radius 1 is 0.974 bits per heavy atom. The van der Waals surface area contributed by atoms with E-state index >= 15 is 0 Å². The molecule has 7 heteroatoms. The van der Waals surface area contributed by atoms with E-state index < -0.39 is 15.6 Å². The fourth-order valence-electron chi connectivity index (χ4n) is 7.74. The number of nitrogens with one attached hydrogen (secondary N) is 1. The molecule has 2 saturated heterocycles. The van der Waals surface area contributed by atoms with Crippen LogP contribution in [0.1, 0.15) is 50.4 Å². The molecule has 1 N–H and O–H groups in total. The van der Waals surface area contributed by atoms with Crippen LogP contribution < -0.4 is 4.72 Å². The summed E-state index contributed by atoms with van der Waals surface area (Å²) in [5.74, 6) is 1.61. The third kappa shape index (κ3) is 4.07. The highest BCUT2D eigenvalue weighted by Gasteiger charge is 2.61. The van der Waals surface area contributed by atoms with Crippen LogP contribution in [-0.2, 0) is 10.0 Å². The van der Waals surface area contributed by atoms with E-state index in [0.29, 0.717) is 28.9 Å². The fourth-order valence-corrected chi connectivity index (χ4v) is 9.27. The zero-order valence-corrected chi connectivity index (χ0v) is 22.7. The lowest BCUT2D eigenvalue weighted by Crippen LogP contribution is -2.48. The molecule has 38 heavy (non-hydrogen) atoms. The highest BCUT2D eigenvalue weighted by molar-refractivity contribution is 7.89. The van der Waals surface area contributed by atoms with Crippen molar-refractivity contribution >= 4 is 21.1 Å². The van der Waals surface area contributed by atoms with Gasteiger partial charge >= 0.3 is 0 Å². The first-order chi connectivity index (χ1) is 18.4. The molecular weight excluding hydrogens is 492 g/mol. The minimum Gasteiger partial charge on any atom is -0.325 e.